The summed E-state index contributed by atoms with van der Waals surface area (Å²) in [7, 11) is 0. The van der Waals surface area contributed by atoms with Crippen molar-refractivity contribution in [1.29, 1.82) is 0 Å². The topological polar surface area (TPSA) is 91.9 Å². The first-order valence-corrected chi connectivity index (χ1v) is 6.13. The minimum Gasteiger partial charge on any atom is -0.477 e. The minimum atomic E-state index is -1.20. The lowest BCUT2D eigenvalue weighted by Gasteiger charge is -2.05. The fraction of sp³-hybridized carbons (Fsp3) is 0. The Hall–Kier alpha value is -3.15. The summed E-state index contributed by atoms with van der Waals surface area (Å²) in [6, 6.07) is 13.3. The molecule has 104 valence electrons. The molecule has 3 rings (SSSR count). The van der Waals surface area contributed by atoms with E-state index in [1.54, 1.807) is 24.3 Å². The smallest absolute Gasteiger partial charge is 0.356 e. The van der Waals surface area contributed by atoms with Gasteiger partial charge in [0.15, 0.2) is 5.69 Å². The second-order valence-electron chi connectivity index (χ2n) is 4.39. The summed E-state index contributed by atoms with van der Waals surface area (Å²) in [5.41, 5.74) is 0.693. The number of fused-ring (bicyclic) bond motifs is 1. The van der Waals surface area contributed by atoms with Crippen molar-refractivity contribution in [2.75, 3.05) is 0 Å². The Morgan fingerprint density at radius 3 is 2.24 bits per heavy atom. The van der Waals surface area contributed by atoms with E-state index in [4.69, 9.17) is 0 Å². The molecule has 0 atom stereocenters. The van der Waals surface area contributed by atoms with Crippen molar-refractivity contribution in [2.45, 2.75) is 0 Å². The lowest BCUT2D eigenvalue weighted by Crippen LogP contribution is -2.06. The number of hydrogen-bond acceptors (Lipinski definition) is 3. The largest absolute Gasteiger partial charge is 0.477 e. The van der Waals surface area contributed by atoms with Gasteiger partial charge in [0.2, 0.25) is 0 Å². The van der Waals surface area contributed by atoms with Gasteiger partial charge in [-0.05, 0) is 12.1 Å². The number of carboxylic acid groups (broad SMARTS) is 2. The molecule has 0 saturated heterocycles. The van der Waals surface area contributed by atoms with Gasteiger partial charge in [-0.15, -0.1) is 0 Å². The Morgan fingerprint density at radius 2 is 1.62 bits per heavy atom. The van der Waals surface area contributed by atoms with Crippen LogP contribution in [0.25, 0.3) is 16.9 Å². The van der Waals surface area contributed by atoms with Gasteiger partial charge < -0.3 is 10.2 Å². The Bertz CT molecular complexity index is 853. The molecule has 21 heavy (non-hydrogen) atoms. The summed E-state index contributed by atoms with van der Waals surface area (Å²) in [5, 5.41) is 18.6. The third kappa shape index (κ3) is 2.02. The summed E-state index contributed by atoms with van der Waals surface area (Å²) in [4.78, 5) is 26.8. The van der Waals surface area contributed by atoms with Gasteiger partial charge in [-0.2, -0.15) is 0 Å². The van der Waals surface area contributed by atoms with E-state index in [0.717, 1.165) is 0 Å². The van der Waals surface area contributed by atoms with E-state index < -0.39 is 11.9 Å². The van der Waals surface area contributed by atoms with E-state index in [9.17, 15) is 19.8 Å². The second-order valence-corrected chi connectivity index (χ2v) is 4.39. The van der Waals surface area contributed by atoms with Crippen LogP contribution in [0.1, 0.15) is 21.0 Å². The van der Waals surface area contributed by atoms with E-state index in [-0.39, 0.29) is 16.9 Å². The lowest BCUT2D eigenvalue weighted by molar-refractivity contribution is 0.0678. The van der Waals surface area contributed by atoms with Crippen LogP contribution in [0, 0.1) is 0 Å². The summed E-state index contributed by atoms with van der Waals surface area (Å²) >= 11 is 0. The van der Waals surface area contributed by atoms with Gasteiger partial charge in [-0.25, -0.2) is 14.6 Å². The standard InChI is InChI=1S/C15H10N2O4/c18-14(19)11-8-4-7-10-12(15(20)21)16-13(17(10)11)9-5-2-1-3-6-9/h1-8H,(H,18,19)(H,20,21). The molecular weight excluding hydrogens is 272 g/mol. The lowest BCUT2D eigenvalue weighted by atomic mass is 10.2. The van der Waals surface area contributed by atoms with Crippen molar-refractivity contribution >= 4 is 17.5 Å². The average Bonchev–Trinajstić information content (AvgIpc) is 2.87. The molecule has 2 heterocycles. The van der Waals surface area contributed by atoms with Crippen molar-refractivity contribution < 1.29 is 19.8 Å². The molecule has 6 nitrogen and oxygen atoms in total. The fourth-order valence-electron chi connectivity index (χ4n) is 2.24. The van der Waals surface area contributed by atoms with Gasteiger partial charge in [0, 0.05) is 5.56 Å². The minimum absolute atomic E-state index is 0.0358. The Balaban J connectivity index is 2.44. The maximum absolute atomic E-state index is 11.4. The van der Waals surface area contributed by atoms with Crippen LogP contribution in [0.2, 0.25) is 0 Å². The molecular formula is C15H10N2O4. The van der Waals surface area contributed by atoms with Gasteiger partial charge in [-0.1, -0.05) is 36.4 Å². The van der Waals surface area contributed by atoms with Crippen molar-refractivity contribution in [3.05, 3.63) is 59.9 Å². The molecule has 2 N–H and O–H groups in total. The zero-order valence-corrected chi connectivity index (χ0v) is 10.7. The molecule has 0 aliphatic rings. The Labute approximate surface area is 118 Å². The first kappa shape index (κ1) is 12.9. The number of benzene rings is 1. The highest BCUT2D eigenvalue weighted by molar-refractivity contribution is 5.97. The number of aromatic carboxylic acids is 2. The van der Waals surface area contributed by atoms with E-state index in [2.05, 4.69) is 4.98 Å². The number of imidazole rings is 1. The highest BCUT2D eigenvalue weighted by Crippen LogP contribution is 2.24. The molecule has 0 amide bonds. The van der Waals surface area contributed by atoms with Gasteiger partial charge in [0.1, 0.15) is 11.5 Å². The van der Waals surface area contributed by atoms with Crippen LogP contribution in [0.15, 0.2) is 48.5 Å². The van der Waals surface area contributed by atoms with Crippen molar-refractivity contribution in [2.24, 2.45) is 0 Å². The zero-order chi connectivity index (χ0) is 15.0. The molecule has 2 aromatic heterocycles. The van der Waals surface area contributed by atoms with Crippen molar-refractivity contribution in [1.82, 2.24) is 9.38 Å². The maximum Gasteiger partial charge on any atom is 0.356 e. The van der Waals surface area contributed by atoms with Crippen LogP contribution in [0.4, 0.5) is 0 Å². The zero-order valence-electron chi connectivity index (χ0n) is 10.7. The molecule has 0 unspecified atom stereocenters. The second kappa shape index (κ2) is 4.75. The van der Waals surface area contributed by atoms with Gasteiger partial charge in [0.05, 0.1) is 5.52 Å². The van der Waals surface area contributed by atoms with Crippen LogP contribution in [0.3, 0.4) is 0 Å². The normalized spacial score (nSPS) is 10.7. The molecule has 6 heteroatoms. The molecule has 3 aromatic rings. The van der Waals surface area contributed by atoms with E-state index in [1.165, 1.54) is 22.6 Å². The van der Waals surface area contributed by atoms with Crippen LogP contribution in [0.5, 0.6) is 0 Å². The third-order valence-corrected chi connectivity index (χ3v) is 3.12. The predicted molar refractivity (Wildman–Crippen MR) is 74.5 cm³/mol. The number of aromatic nitrogens is 2. The highest BCUT2D eigenvalue weighted by atomic mass is 16.4. The summed E-state index contributed by atoms with van der Waals surface area (Å²) in [6.45, 7) is 0. The monoisotopic (exact) mass is 282 g/mol. The molecule has 0 aliphatic heterocycles. The SMILES string of the molecule is O=C(O)c1nc(-c2ccccc2)n2c(C(=O)O)cccc12. The van der Waals surface area contributed by atoms with Gasteiger partial charge >= 0.3 is 11.9 Å². The van der Waals surface area contributed by atoms with E-state index >= 15 is 0 Å². The predicted octanol–water partition coefficient (Wildman–Crippen LogP) is 2.40. The molecule has 0 radical (unpaired) electrons. The summed E-state index contributed by atoms with van der Waals surface area (Å²) < 4.78 is 1.35. The van der Waals surface area contributed by atoms with Gasteiger partial charge in [0.25, 0.3) is 0 Å². The number of rotatable bonds is 3. The van der Waals surface area contributed by atoms with Crippen LogP contribution >= 0.6 is 0 Å². The van der Waals surface area contributed by atoms with Crippen LogP contribution < -0.4 is 0 Å². The number of carbonyl (C=O) groups is 2. The van der Waals surface area contributed by atoms with Crippen LogP contribution in [-0.4, -0.2) is 31.5 Å². The summed E-state index contributed by atoms with van der Waals surface area (Å²) in [5.74, 6) is -2.05. The molecule has 0 aliphatic carbocycles. The molecule has 0 saturated carbocycles. The molecule has 1 aromatic carbocycles. The third-order valence-electron chi connectivity index (χ3n) is 3.12. The number of hydrogen-bond donors (Lipinski definition) is 2. The van der Waals surface area contributed by atoms with Crippen LogP contribution in [-0.2, 0) is 0 Å². The maximum atomic E-state index is 11.4. The van der Waals surface area contributed by atoms with Gasteiger partial charge in [-0.3, -0.25) is 4.40 Å². The first-order valence-electron chi connectivity index (χ1n) is 6.13. The summed E-state index contributed by atoms with van der Waals surface area (Å²) in [6.07, 6.45) is 0. The molecule has 0 bridgehead atoms. The average molecular weight is 282 g/mol. The molecule has 0 spiro atoms. The number of nitrogens with zero attached hydrogens (tertiary/aromatic N) is 2. The molecule has 0 fully saturated rings. The van der Waals surface area contributed by atoms with Crippen molar-refractivity contribution in [3.8, 4) is 11.4 Å². The Morgan fingerprint density at radius 1 is 0.905 bits per heavy atom. The number of pyridine rings is 1. The van der Waals surface area contributed by atoms with Crippen molar-refractivity contribution in [3.63, 3.8) is 0 Å². The van der Waals surface area contributed by atoms with E-state index in [0.29, 0.717) is 11.4 Å². The number of carboxylic acids is 2. The first-order chi connectivity index (χ1) is 10.1. The quantitative estimate of drug-likeness (QED) is 0.769. The van der Waals surface area contributed by atoms with E-state index in [1.807, 2.05) is 6.07 Å². The highest BCUT2D eigenvalue weighted by Gasteiger charge is 2.21. The fourth-order valence-corrected chi connectivity index (χ4v) is 2.24. The Kier molecular flexibility index (Phi) is 2.91.